The molecule has 0 aromatic carbocycles. The van der Waals surface area contributed by atoms with E-state index in [9.17, 15) is 0 Å². The molecule has 7 heavy (non-hydrogen) atoms. The van der Waals surface area contributed by atoms with Crippen LogP contribution >= 0.6 is 12.9 Å². The lowest BCUT2D eigenvalue weighted by Crippen LogP contribution is -2.33. The highest BCUT2D eigenvalue weighted by Gasteiger charge is 2.06. The molecule has 0 aliphatic heterocycles. The molecule has 0 atom stereocenters. The fourth-order valence-corrected chi connectivity index (χ4v) is 0.300. The molecular formula is C3H10NO2S+. The molecule has 0 unspecified atom stereocenters. The number of quaternary nitrogens is 1. The summed E-state index contributed by atoms with van der Waals surface area (Å²) < 4.78 is 4.37. The second-order valence-corrected chi connectivity index (χ2v) is 2.19. The Balaban J connectivity index is 3.15. The number of nitrogens with zero attached hydrogens (tertiary/aromatic N) is 1. The first-order valence-corrected chi connectivity index (χ1v) is 2.24. The zero-order valence-electron chi connectivity index (χ0n) is 4.71. The molecular weight excluding hydrogens is 114 g/mol. The van der Waals surface area contributed by atoms with Crippen molar-refractivity contribution < 1.29 is 14.0 Å². The van der Waals surface area contributed by atoms with Crippen molar-refractivity contribution in [3.8, 4) is 0 Å². The fourth-order valence-electron chi connectivity index (χ4n) is 0.100. The Kier molecular flexibility index (Phi) is 2.60. The lowest BCUT2D eigenvalue weighted by molar-refractivity contribution is -1.10. The summed E-state index contributed by atoms with van der Waals surface area (Å²) in [6, 6.07) is 0. The predicted octanol–water partition coefficient (Wildman–Crippen LogP) is 0.401. The topological polar surface area (TPSA) is 18.5 Å². The molecule has 0 aliphatic rings. The van der Waals surface area contributed by atoms with Crippen molar-refractivity contribution in [3.63, 3.8) is 0 Å². The van der Waals surface area contributed by atoms with Crippen LogP contribution in [0.1, 0.15) is 0 Å². The summed E-state index contributed by atoms with van der Waals surface area (Å²) in [7, 11) is 5.45. The second-order valence-electron chi connectivity index (χ2n) is 2.04. The van der Waals surface area contributed by atoms with Crippen molar-refractivity contribution in [2.24, 2.45) is 0 Å². The molecule has 0 aromatic rings. The first-order chi connectivity index (χ1) is 3.06. The van der Waals surface area contributed by atoms with Gasteiger partial charge in [0.1, 0.15) is 21.1 Å². The van der Waals surface area contributed by atoms with Gasteiger partial charge in [0.15, 0.2) is 0 Å². The van der Waals surface area contributed by atoms with Gasteiger partial charge >= 0.3 is 0 Å². The number of hydrogen-bond donors (Lipinski definition) is 1. The molecule has 44 valence electrons. The quantitative estimate of drug-likeness (QED) is 0.189. The van der Waals surface area contributed by atoms with E-state index in [4.69, 9.17) is 0 Å². The van der Waals surface area contributed by atoms with Gasteiger partial charge in [0.05, 0.1) is 0 Å². The van der Waals surface area contributed by atoms with Crippen LogP contribution in [0.25, 0.3) is 0 Å². The Bertz CT molecular complexity index is 51.4. The Hall–Kier alpha value is 0.230. The minimum Gasteiger partial charge on any atom is -0.153 e. The van der Waals surface area contributed by atoms with Gasteiger partial charge in [-0.15, -0.1) is 4.33 Å². The maximum Gasteiger partial charge on any atom is 0.101 e. The Morgan fingerprint density at radius 1 is 1.29 bits per heavy atom. The molecule has 3 nitrogen and oxygen atoms in total. The van der Waals surface area contributed by atoms with E-state index in [2.05, 4.69) is 22.2 Å². The highest BCUT2D eigenvalue weighted by Crippen LogP contribution is 1.93. The predicted molar refractivity (Wildman–Crippen MR) is 29.2 cm³/mol. The Morgan fingerprint density at radius 3 is 1.71 bits per heavy atom. The van der Waals surface area contributed by atoms with Gasteiger partial charge in [-0.3, -0.25) is 0 Å². The van der Waals surface area contributed by atoms with Crippen LogP contribution in [-0.4, -0.2) is 25.8 Å². The van der Waals surface area contributed by atoms with Crippen LogP contribution in [0.2, 0.25) is 0 Å². The lowest BCUT2D eigenvalue weighted by Gasteiger charge is -2.15. The van der Waals surface area contributed by atoms with Gasteiger partial charge in [0, 0.05) is 12.9 Å². The van der Waals surface area contributed by atoms with Crippen molar-refractivity contribution in [1.29, 1.82) is 0 Å². The molecule has 0 heterocycles. The second kappa shape index (κ2) is 2.52. The average molecular weight is 124 g/mol. The molecule has 0 spiro atoms. The minimum atomic E-state index is 0.295. The van der Waals surface area contributed by atoms with Crippen LogP contribution in [0.4, 0.5) is 0 Å². The van der Waals surface area contributed by atoms with E-state index in [1.165, 1.54) is 0 Å². The van der Waals surface area contributed by atoms with E-state index in [0.717, 1.165) is 0 Å². The van der Waals surface area contributed by atoms with Gasteiger partial charge in [-0.2, -0.15) is 4.65 Å². The monoisotopic (exact) mass is 124 g/mol. The summed E-state index contributed by atoms with van der Waals surface area (Å²) in [6.07, 6.45) is 0. The van der Waals surface area contributed by atoms with Crippen LogP contribution in [0, 0.1) is 0 Å². The largest absolute Gasteiger partial charge is 0.153 e. The summed E-state index contributed by atoms with van der Waals surface area (Å²) in [5.74, 6) is 0. The fraction of sp³-hybridized carbons (Fsp3) is 1.00. The third-order valence-electron chi connectivity index (χ3n) is 0.257. The molecule has 0 aromatic heterocycles. The standard InChI is InChI=1S/C3H9NO2S/c1-4(2,3)5-6-7/h1-3H3/p+1. The maximum absolute atomic E-state index is 4.53. The highest BCUT2D eigenvalue weighted by molar-refractivity contribution is 7.74. The van der Waals surface area contributed by atoms with Gasteiger partial charge in [0.2, 0.25) is 0 Å². The van der Waals surface area contributed by atoms with E-state index >= 15 is 0 Å². The SMILES string of the molecule is C[N+](C)(C)OOS. The van der Waals surface area contributed by atoms with Crippen molar-refractivity contribution in [1.82, 2.24) is 0 Å². The third kappa shape index (κ3) is 6.23. The molecule has 0 fully saturated rings. The first kappa shape index (κ1) is 7.23. The van der Waals surface area contributed by atoms with Crippen LogP contribution in [0.15, 0.2) is 0 Å². The molecule has 0 saturated carbocycles. The van der Waals surface area contributed by atoms with Crippen molar-refractivity contribution in [2.45, 2.75) is 0 Å². The lowest BCUT2D eigenvalue weighted by atomic mass is 11.0. The zero-order chi connectivity index (χ0) is 5.91. The minimum absolute atomic E-state index is 0.295. The zero-order valence-corrected chi connectivity index (χ0v) is 5.61. The number of rotatable bonds is 2. The molecule has 0 rings (SSSR count). The van der Waals surface area contributed by atoms with Gasteiger partial charge in [-0.05, 0) is 4.99 Å². The molecule has 0 amide bonds. The van der Waals surface area contributed by atoms with Crippen molar-refractivity contribution in [3.05, 3.63) is 0 Å². The smallest absolute Gasteiger partial charge is 0.101 e. The normalized spacial score (nSPS) is 12.0. The molecule has 0 saturated heterocycles. The molecule has 0 aliphatic carbocycles. The van der Waals surface area contributed by atoms with Crippen molar-refractivity contribution >= 4 is 12.9 Å². The summed E-state index contributed by atoms with van der Waals surface area (Å²) in [6.45, 7) is 0. The molecule has 0 radical (unpaired) electrons. The Labute approximate surface area is 48.9 Å². The molecule has 0 bridgehead atoms. The number of hydrogen-bond acceptors (Lipinski definition) is 3. The van der Waals surface area contributed by atoms with Gasteiger partial charge in [0.25, 0.3) is 0 Å². The summed E-state index contributed by atoms with van der Waals surface area (Å²) in [4.78, 5) is 4.53. The number of hydroxylamine groups is 3. The van der Waals surface area contributed by atoms with E-state index in [1.54, 1.807) is 0 Å². The maximum atomic E-state index is 4.53. The highest BCUT2D eigenvalue weighted by atomic mass is 32.1. The van der Waals surface area contributed by atoms with E-state index in [-0.39, 0.29) is 0 Å². The molecule has 4 heteroatoms. The van der Waals surface area contributed by atoms with Gasteiger partial charge in [-0.1, -0.05) is 0 Å². The average Bonchev–Trinajstić information content (AvgIpc) is 1.30. The van der Waals surface area contributed by atoms with Crippen LogP contribution in [0.3, 0.4) is 0 Å². The third-order valence-corrected chi connectivity index (χ3v) is 0.324. The summed E-state index contributed by atoms with van der Waals surface area (Å²) in [5.41, 5.74) is 0. The summed E-state index contributed by atoms with van der Waals surface area (Å²) >= 11 is 3.38. The number of thiol groups is 1. The van der Waals surface area contributed by atoms with Gasteiger partial charge in [-0.25, -0.2) is 0 Å². The first-order valence-electron chi connectivity index (χ1n) is 1.87. The van der Waals surface area contributed by atoms with E-state index in [1.807, 2.05) is 21.1 Å². The summed E-state index contributed by atoms with van der Waals surface area (Å²) in [5, 5.41) is 0. The van der Waals surface area contributed by atoms with Gasteiger partial charge < -0.3 is 0 Å². The Morgan fingerprint density at radius 2 is 1.71 bits per heavy atom. The van der Waals surface area contributed by atoms with Crippen LogP contribution in [0.5, 0.6) is 0 Å². The van der Waals surface area contributed by atoms with E-state index in [0.29, 0.717) is 4.65 Å². The van der Waals surface area contributed by atoms with Crippen LogP contribution < -0.4 is 0 Å². The van der Waals surface area contributed by atoms with Crippen molar-refractivity contribution in [2.75, 3.05) is 21.1 Å². The van der Waals surface area contributed by atoms with E-state index < -0.39 is 0 Å². The van der Waals surface area contributed by atoms with Crippen LogP contribution in [-0.2, 0) is 9.32 Å². The molecule has 0 N–H and O–H groups in total.